The molecule has 0 atom stereocenters. The van der Waals surface area contributed by atoms with E-state index in [9.17, 15) is 4.79 Å². The summed E-state index contributed by atoms with van der Waals surface area (Å²) in [6.45, 7) is 0. The van der Waals surface area contributed by atoms with Gasteiger partial charge in [-0.25, -0.2) is 4.79 Å². The number of carboxylic acid groups (broad SMARTS) is 1. The molecule has 0 aliphatic heterocycles. The summed E-state index contributed by atoms with van der Waals surface area (Å²) >= 11 is 12.9. The third kappa shape index (κ3) is 1.47. The number of benzene rings is 1. The van der Waals surface area contributed by atoms with E-state index in [0.29, 0.717) is 15.4 Å². The minimum atomic E-state index is -0.946. The molecular weight excluding hydrogens is 243 g/mol. The summed E-state index contributed by atoms with van der Waals surface area (Å²) < 4.78 is 0.830. The molecule has 0 spiro atoms. The van der Waals surface area contributed by atoms with Crippen molar-refractivity contribution in [2.45, 2.75) is 0 Å². The van der Waals surface area contributed by atoms with Crippen molar-refractivity contribution in [3.05, 3.63) is 33.1 Å². The molecule has 0 fully saturated rings. The summed E-state index contributed by atoms with van der Waals surface area (Å²) in [5.41, 5.74) is 0. The van der Waals surface area contributed by atoms with Crippen LogP contribution in [0.2, 0.25) is 10.0 Å². The zero-order valence-electron chi connectivity index (χ0n) is 6.75. The lowest BCUT2D eigenvalue weighted by atomic mass is 10.2. The van der Waals surface area contributed by atoms with Crippen LogP contribution in [-0.2, 0) is 0 Å². The SMILES string of the molecule is O=C(O)c1cc2c(Cl)c(Cl)ccc2s1. The van der Waals surface area contributed by atoms with Crippen molar-refractivity contribution in [1.82, 2.24) is 0 Å². The van der Waals surface area contributed by atoms with Crippen LogP contribution in [-0.4, -0.2) is 11.1 Å². The highest BCUT2D eigenvalue weighted by Gasteiger charge is 2.11. The van der Waals surface area contributed by atoms with Crippen molar-refractivity contribution < 1.29 is 9.90 Å². The molecule has 72 valence electrons. The van der Waals surface area contributed by atoms with Gasteiger partial charge in [-0.3, -0.25) is 0 Å². The smallest absolute Gasteiger partial charge is 0.345 e. The molecule has 1 N–H and O–H groups in total. The number of fused-ring (bicyclic) bond motifs is 1. The number of hydrogen-bond donors (Lipinski definition) is 1. The highest BCUT2D eigenvalue weighted by molar-refractivity contribution is 7.20. The number of halogens is 2. The number of aromatic carboxylic acids is 1. The standard InChI is InChI=1S/C9H4Cl2O2S/c10-5-1-2-6-4(8(5)11)3-7(14-6)9(12)13/h1-3H,(H,12,13). The van der Waals surface area contributed by atoms with E-state index in [4.69, 9.17) is 28.3 Å². The van der Waals surface area contributed by atoms with Gasteiger partial charge in [-0.05, 0) is 18.2 Å². The summed E-state index contributed by atoms with van der Waals surface area (Å²) in [7, 11) is 0. The van der Waals surface area contributed by atoms with Crippen molar-refractivity contribution in [2.24, 2.45) is 0 Å². The molecule has 0 unspecified atom stereocenters. The van der Waals surface area contributed by atoms with E-state index in [1.54, 1.807) is 12.1 Å². The number of thiophene rings is 1. The lowest BCUT2D eigenvalue weighted by molar-refractivity contribution is 0.0702. The third-order valence-corrected chi connectivity index (χ3v) is 3.71. The quantitative estimate of drug-likeness (QED) is 0.829. The van der Waals surface area contributed by atoms with Crippen LogP contribution in [0.1, 0.15) is 9.67 Å². The fourth-order valence-corrected chi connectivity index (χ4v) is 2.50. The summed E-state index contributed by atoms with van der Waals surface area (Å²) in [6.07, 6.45) is 0. The number of hydrogen-bond acceptors (Lipinski definition) is 2. The van der Waals surface area contributed by atoms with Crippen LogP contribution in [0.15, 0.2) is 18.2 Å². The summed E-state index contributed by atoms with van der Waals surface area (Å²) in [6, 6.07) is 4.96. The number of rotatable bonds is 1. The molecule has 0 amide bonds. The van der Waals surface area contributed by atoms with E-state index in [0.717, 1.165) is 4.70 Å². The van der Waals surface area contributed by atoms with E-state index < -0.39 is 5.97 Å². The normalized spacial score (nSPS) is 10.7. The van der Waals surface area contributed by atoms with Gasteiger partial charge in [0.25, 0.3) is 0 Å². The van der Waals surface area contributed by atoms with Gasteiger partial charge >= 0.3 is 5.97 Å². The molecule has 0 saturated carbocycles. The first-order valence-electron chi connectivity index (χ1n) is 3.70. The van der Waals surface area contributed by atoms with Gasteiger partial charge in [0.15, 0.2) is 0 Å². The molecule has 14 heavy (non-hydrogen) atoms. The first kappa shape index (κ1) is 9.77. The van der Waals surface area contributed by atoms with Crippen LogP contribution in [0.25, 0.3) is 10.1 Å². The molecule has 0 saturated heterocycles. The molecule has 0 bridgehead atoms. The topological polar surface area (TPSA) is 37.3 Å². The van der Waals surface area contributed by atoms with Gasteiger partial charge in [-0.15, -0.1) is 11.3 Å². The Balaban J connectivity index is 2.77. The Hall–Kier alpha value is -0.770. The van der Waals surface area contributed by atoms with Gasteiger partial charge in [0.05, 0.1) is 10.0 Å². The molecule has 1 heterocycles. The summed E-state index contributed by atoms with van der Waals surface area (Å²) in [4.78, 5) is 11.0. The van der Waals surface area contributed by atoms with E-state index >= 15 is 0 Å². The Bertz CT molecular complexity index is 519. The molecule has 0 aliphatic rings. The minimum absolute atomic E-state index is 0.268. The van der Waals surface area contributed by atoms with Gasteiger partial charge in [-0.2, -0.15) is 0 Å². The Morgan fingerprint density at radius 1 is 1.36 bits per heavy atom. The Kier molecular flexibility index (Phi) is 2.39. The molecule has 2 nitrogen and oxygen atoms in total. The highest BCUT2D eigenvalue weighted by Crippen LogP contribution is 2.35. The van der Waals surface area contributed by atoms with E-state index in [1.807, 2.05) is 0 Å². The van der Waals surface area contributed by atoms with E-state index in [2.05, 4.69) is 0 Å². The first-order valence-corrected chi connectivity index (χ1v) is 5.27. The predicted octanol–water partition coefficient (Wildman–Crippen LogP) is 3.91. The Morgan fingerprint density at radius 3 is 2.71 bits per heavy atom. The van der Waals surface area contributed by atoms with E-state index in [1.165, 1.54) is 17.4 Å². The summed E-state index contributed by atoms with van der Waals surface area (Å²) in [5, 5.41) is 10.3. The van der Waals surface area contributed by atoms with Gasteiger partial charge in [-0.1, -0.05) is 23.2 Å². The number of carbonyl (C=O) groups is 1. The van der Waals surface area contributed by atoms with Gasteiger partial charge in [0.1, 0.15) is 4.88 Å². The van der Waals surface area contributed by atoms with Gasteiger partial charge in [0.2, 0.25) is 0 Å². The van der Waals surface area contributed by atoms with Crippen LogP contribution < -0.4 is 0 Å². The highest BCUT2D eigenvalue weighted by atomic mass is 35.5. The van der Waals surface area contributed by atoms with Crippen molar-refractivity contribution in [2.75, 3.05) is 0 Å². The third-order valence-electron chi connectivity index (χ3n) is 1.80. The van der Waals surface area contributed by atoms with Crippen molar-refractivity contribution in [1.29, 1.82) is 0 Å². The van der Waals surface area contributed by atoms with Crippen LogP contribution in [0.4, 0.5) is 0 Å². The molecular formula is C9H4Cl2O2S. The molecule has 2 aromatic rings. The Labute approximate surface area is 93.7 Å². The van der Waals surface area contributed by atoms with Crippen LogP contribution >= 0.6 is 34.5 Å². The molecule has 5 heteroatoms. The van der Waals surface area contributed by atoms with Crippen molar-refractivity contribution in [3.63, 3.8) is 0 Å². The van der Waals surface area contributed by atoms with Gasteiger partial charge in [0, 0.05) is 10.1 Å². The zero-order chi connectivity index (χ0) is 10.3. The average molecular weight is 247 g/mol. The molecule has 0 aliphatic carbocycles. The second-order valence-electron chi connectivity index (χ2n) is 2.69. The van der Waals surface area contributed by atoms with Crippen LogP contribution in [0.5, 0.6) is 0 Å². The summed E-state index contributed by atoms with van der Waals surface area (Å²) in [5.74, 6) is -0.946. The lowest BCUT2D eigenvalue weighted by Crippen LogP contribution is -1.89. The average Bonchev–Trinajstić information content (AvgIpc) is 2.56. The minimum Gasteiger partial charge on any atom is -0.477 e. The maximum atomic E-state index is 10.7. The van der Waals surface area contributed by atoms with Crippen molar-refractivity contribution >= 4 is 50.6 Å². The first-order chi connectivity index (χ1) is 6.59. The monoisotopic (exact) mass is 246 g/mol. The fraction of sp³-hybridized carbons (Fsp3) is 0. The fourth-order valence-electron chi connectivity index (χ4n) is 1.16. The second kappa shape index (κ2) is 3.42. The van der Waals surface area contributed by atoms with Crippen LogP contribution in [0, 0.1) is 0 Å². The van der Waals surface area contributed by atoms with E-state index in [-0.39, 0.29) is 4.88 Å². The second-order valence-corrected chi connectivity index (χ2v) is 4.56. The maximum absolute atomic E-state index is 10.7. The predicted molar refractivity (Wildman–Crippen MR) is 58.8 cm³/mol. The van der Waals surface area contributed by atoms with Gasteiger partial charge < -0.3 is 5.11 Å². The zero-order valence-corrected chi connectivity index (χ0v) is 9.08. The molecule has 2 rings (SSSR count). The Morgan fingerprint density at radius 2 is 2.07 bits per heavy atom. The molecule has 1 aromatic heterocycles. The van der Waals surface area contributed by atoms with Crippen molar-refractivity contribution in [3.8, 4) is 0 Å². The molecule has 1 aromatic carbocycles. The lowest BCUT2D eigenvalue weighted by Gasteiger charge is -1.94. The molecule has 0 radical (unpaired) electrons. The largest absolute Gasteiger partial charge is 0.477 e. The maximum Gasteiger partial charge on any atom is 0.345 e. The van der Waals surface area contributed by atoms with Crippen LogP contribution in [0.3, 0.4) is 0 Å². The number of carboxylic acids is 1.